The van der Waals surface area contributed by atoms with E-state index in [1.54, 1.807) is 6.92 Å². The van der Waals surface area contributed by atoms with Crippen LogP contribution in [0.3, 0.4) is 0 Å². The molecule has 0 amide bonds. The Balaban J connectivity index is 2.95. The van der Waals surface area contributed by atoms with Gasteiger partial charge < -0.3 is 4.74 Å². The fraction of sp³-hybridized carbons (Fsp3) is 0.200. The van der Waals surface area contributed by atoms with E-state index in [1.807, 2.05) is 0 Å². The molecule has 0 atom stereocenters. The number of ether oxygens (including phenoxy) is 1. The lowest BCUT2D eigenvalue weighted by molar-refractivity contribution is 0.240. The monoisotopic (exact) mass is 220 g/mol. The van der Waals surface area contributed by atoms with Gasteiger partial charge in [0.1, 0.15) is 11.6 Å². The minimum absolute atomic E-state index is 0.280. The fourth-order valence-corrected chi connectivity index (χ4v) is 1.03. The SMILES string of the molecule is CCc1cc(F)cc(OC(F)=C(F)F)c1. The highest BCUT2D eigenvalue weighted by Gasteiger charge is 2.09. The summed E-state index contributed by atoms with van der Waals surface area (Å²) in [6.07, 6.45) is -2.07. The predicted octanol–water partition coefficient (Wildman–Crippen LogP) is 3.80. The Morgan fingerprint density at radius 3 is 2.40 bits per heavy atom. The Kier molecular flexibility index (Phi) is 3.71. The van der Waals surface area contributed by atoms with Gasteiger partial charge >= 0.3 is 12.1 Å². The second kappa shape index (κ2) is 4.82. The maximum atomic E-state index is 12.9. The van der Waals surface area contributed by atoms with Crippen molar-refractivity contribution < 1.29 is 22.3 Å². The second-order valence-electron chi connectivity index (χ2n) is 2.78. The average molecular weight is 220 g/mol. The van der Waals surface area contributed by atoms with Gasteiger partial charge in [0.15, 0.2) is 0 Å². The van der Waals surface area contributed by atoms with E-state index in [9.17, 15) is 17.6 Å². The van der Waals surface area contributed by atoms with Gasteiger partial charge in [0.05, 0.1) is 0 Å². The summed E-state index contributed by atoms with van der Waals surface area (Å²) in [5, 5.41) is 0. The van der Waals surface area contributed by atoms with Crippen molar-refractivity contribution in [3.8, 4) is 5.75 Å². The molecule has 0 aliphatic carbocycles. The number of aryl methyl sites for hydroxylation is 1. The van der Waals surface area contributed by atoms with Crippen LogP contribution < -0.4 is 4.74 Å². The molecule has 15 heavy (non-hydrogen) atoms. The van der Waals surface area contributed by atoms with Crippen molar-refractivity contribution in [2.45, 2.75) is 13.3 Å². The Morgan fingerprint density at radius 1 is 1.20 bits per heavy atom. The standard InChI is InChI=1S/C10H8F4O/c1-2-6-3-7(11)5-8(4-6)15-10(14)9(12)13/h3-5H,2H2,1H3. The lowest BCUT2D eigenvalue weighted by Crippen LogP contribution is -1.93. The van der Waals surface area contributed by atoms with Crippen LogP contribution in [0.5, 0.6) is 5.75 Å². The highest BCUT2D eigenvalue weighted by Crippen LogP contribution is 2.21. The van der Waals surface area contributed by atoms with E-state index in [-0.39, 0.29) is 5.75 Å². The third kappa shape index (κ3) is 3.27. The Morgan fingerprint density at radius 2 is 1.87 bits per heavy atom. The number of benzene rings is 1. The van der Waals surface area contributed by atoms with Crippen molar-refractivity contribution >= 4 is 0 Å². The maximum absolute atomic E-state index is 12.9. The molecule has 0 bridgehead atoms. The Hall–Kier alpha value is -1.52. The van der Waals surface area contributed by atoms with Gasteiger partial charge in [-0.25, -0.2) is 4.39 Å². The van der Waals surface area contributed by atoms with Crippen LogP contribution in [-0.4, -0.2) is 0 Å². The zero-order valence-corrected chi connectivity index (χ0v) is 7.86. The smallest absolute Gasteiger partial charge is 0.344 e. The molecular formula is C10H8F4O. The summed E-state index contributed by atoms with van der Waals surface area (Å²) in [5.41, 5.74) is 0.539. The first kappa shape index (κ1) is 11.6. The first-order chi connectivity index (χ1) is 7.02. The molecule has 0 spiro atoms. The van der Waals surface area contributed by atoms with Crippen LogP contribution in [0, 0.1) is 5.82 Å². The van der Waals surface area contributed by atoms with E-state index >= 15 is 0 Å². The number of hydrogen-bond acceptors (Lipinski definition) is 1. The predicted molar refractivity (Wildman–Crippen MR) is 46.8 cm³/mol. The third-order valence-corrected chi connectivity index (χ3v) is 1.70. The highest BCUT2D eigenvalue weighted by atomic mass is 19.3. The molecule has 0 unspecified atom stereocenters. The zero-order chi connectivity index (χ0) is 11.4. The molecule has 0 radical (unpaired) electrons. The van der Waals surface area contributed by atoms with Crippen LogP contribution in [0.4, 0.5) is 17.6 Å². The van der Waals surface area contributed by atoms with Gasteiger partial charge in [0.2, 0.25) is 0 Å². The van der Waals surface area contributed by atoms with Crippen LogP contribution >= 0.6 is 0 Å². The number of hydrogen-bond donors (Lipinski definition) is 0. The van der Waals surface area contributed by atoms with E-state index in [0.29, 0.717) is 12.0 Å². The van der Waals surface area contributed by atoms with E-state index in [2.05, 4.69) is 4.74 Å². The van der Waals surface area contributed by atoms with Gasteiger partial charge in [-0.15, -0.1) is 0 Å². The summed E-state index contributed by atoms with van der Waals surface area (Å²) in [6, 6.07) is 1.34. The molecule has 0 saturated carbocycles. The molecule has 0 N–H and O–H groups in total. The normalized spacial score (nSPS) is 9.93. The second-order valence-corrected chi connectivity index (χ2v) is 2.78. The minimum atomic E-state index is -2.57. The first-order valence-corrected chi connectivity index (χ1v) is 4.21. The minimum Gasteiger partial charge on any atom is -0.428 e. The van der Waals surface area contributed by atoms with Crippen LogP contribution in [0.25, 0.3) is 0 Å². The summed E-state index contributed by atoms with van der Waals surface area (Å²) in [7, 11) is 0. The van der Waals surface area contributed by atoms with Crippen molar-refractivity contribution in [2.75, 3.05) is 0 Å². The molecule has 5 heteroatoms. The summed E-state index contributed by atoms with van der Waals surface area (Å²) >= 11 is 0. The number of rotatable bonds is 3. The Labute approximate surface area is 84.0 Å². The summed E-state index contributed by atoms with van der Waals surface area (Å²) in [5.74, 6) is -0.937. The molecule has 0 aromatic heterocycles. The quantitative estimate of drug-likeness (QED) is 0.556. The van der Waals surface area contributed by atoms with Gasteiger partial charge in [0.25, 0.3) is 0 Å². The van der Waals surface area contributed by atoms with Crippen molar-refractivity contribution in [1.29, 1.82) is 0 Å². The molecule has 82 valence electrons. The van der Waals surface area contributed by atoms with Crippen molar-refractivity contribution in [2.24, 2.45) is 0 Å². The number of halogens is 4. The van der Waals surface area contributed by atoms with Gasteiger partial charge in [-0.1, -0.05) is 6.92 Å². The summed E-state index contributed by atoms with van der Waals surface area (Å²) < 4.78 is 52.7. The molecule has 0 fully saturated rings. The van der Waals surface area contributed by atoms with Gasteiger partial charge in [-0.3, -0.25) is 0 Å². The molecule has 0 aliphatic rings. The molecule has 1 aromatic carbocycles. The molecule has 0 aliphatic heterocycles. The fourth-order valence-electron chi connectivity index (χ4n) is 1.03. The first-order valence-electron chi connectivity index (χ1n) is 4.21. The summed E-state index contributed by atoms with van der Waals surface area (Å²) in [6.45, 7) is 1.75. The molecule has 1 nitrogen and oxygen atoms in total. The van der Waals surface area contributed by atoms with Crippen LogP contribution in [0.15, 0.2) is 30.3 Å². The topological polar surface area (TPSA) is 9.23 Å². The van der Waals surface area contributed by atoms with Gasteiger partial charge in [-0.2, -0.15) is 13.2 Å². The van der Waals surface area contributed by atoms with Gasteiger partial charge in [-0.05, 0) is 24.1 Å². The van der Waals surface area contributed by atoms with Crippen molar-refractivity contribution in [1.82, 2.24) is 0 Å². The zero-order valence-electron chi connectivity index (χ0n) is 7.86. The maximum Gasteiger partial charge on any atom is 0.344 e. The largest absolute Gasteiger partial charge is 0.428 e. The Bertz CT molecular complexity index is 383. The van der Waals surface area contributed by atoms with Crippen LogP contribution in [0.2, 0.25) is 0 Å². The van der Waals surface area contributed by atoms with Gasteiger partial charge in [0, 0.05) is 6.07 Å². The summed E-state index contributed by atoms with van der Waals surface area (Å²) in [4.78, 5) is 0. The van der Waals surface area contributed by atoms with Crippen LogP contribution in [0.1, 0.15) is 12.5 Å². The molecule has 1 aromatic rings. The average Bonchev–Trinajstić information content (AvgIpc) is 2.16. The molecule has 0 saturated heterocycles. The van der Waals surface area contributed by atoms with E-state index < -0.39 is 17.9 Å². The lowest BCUT2D eigenvalue weighted by Gasteiger charge is -2.04. The highest BCUT2D eigenvalue weighted by molar-refractivity contribution is 5.30. The van der Waals surface area contributed by atoms with Crippen molar-refractivity contribution in [3.05, 3.63) is 41.7 Å². The molecule has 0 heterocycles. The molecular weight excluding hydrogens is 212 g/mol. The van der Waals surface area contributed by atoms with E-state index in [1.165, 1.54) is 12.1 Å². The third-order valence-electron chi connectivity index (χ3n) is 1.70. The van der Waals surface area contributed by atoms with E-state index in [0.717, 1.165) is 6.07 Å². The van der Waals surface area contributed by atoms with E-state index in [4.69, 9.17) is 0 Å². The lowest BCUT2D eigenvalue weighted by atomic mass is 10.1. The van der Waals surface area contributed by atoms with Crippen LogP contribution in [-0.2, 0) is 6.42 Å². The molecule has 1 rings (SSSR count). The van der Waals surface area contributed by atoms with Crippen molar-refractivity contribution in [3.63, 3.8) is 0 Å².